The van der Waals surface area contributed by atoms with Gasteiger partial charge in [0.15, 0.2) is 0 Å². The number of benzene rings is 1. The van der Waals surface area contributed by atoms with E-state index >= 15 is 0 Å². The SMILES string of the molecule is OCc1ccc(SC[B-](F)(F)F)cc1.[K+]. The van der Waals surface area contributed by atoms with E-state index in [0.29, 0.717) is 10.5 Å². The van der Waals surface area contributed by atoms with Crippen molar-refractivity contribution in [3.8, 4) is 0 Å². The van der Waals surface area contributed by atoms with Crippen molar-refractivity contribution in [2.24, 2.45) is 0 Å². The fourth-order valence-electron chi connectivity index (χ4n) is 0.882. The molecule has 1 aromatic carbocycles. The molecule has 0 radical (unpaired) electrons. The molecule has 0 bridgehead atoms. The first kappa shape index (κ1) is 16.0. The van der Waals surface area contributed by atoms with Crippen molar-refractivity contribution in [1.29, 1.82) is 0 Å². The summed E-state index contributed by atoms with van der Waals surface area (Å²) in [6.07, 6.45) is 0. The predicted octanol–water partition coefficient (Wildman–Crippen LogP) is -0.338. The molecule has 1 rings (SSSR count). The van der Waals surface area contributed by atoms with Crippen molar-refractivity contribution in [3.63, 3.8) is 0 Å². The van der Waals surface area contributed by atoms with Crippen LogP contribution in [0.3, 0.4) is 0 Å². The maximum absolute atomic E-state index is 11.9. The summed E-state index contributed by atoms with van der Waals surface area (Å²) < 4.78 is 35.7. The average molecular weight is 260 g/mol. The third kappa shape index (κ3) is 7.04. The van der Waals surface area contributed by atoms with E-state index in [1.54, 1.807) is 24.3 Å². The minimum Gasteiger partial charge on any atom is -0.448 e. The number of aliphatic hydroxyl groups excluding tert-OH is 1. The molecule has 0 spiro atoms. The van der Waals surface area contributed by atoms with Gasteiger partial charge in [0.2, 0.25) is 0 Å². The Labute approximate surface area is 133 Å². The zero-order chi connectivity index (χ0) is 10.6. The largest absolute Gasteiger partial charge is 1.00 e. The summed E-state index contributed by atoms with van der Waals surface area (Å²) in [5, 5.41) is 8.70. The van der Waals surface area contributed by atoms with Crippen molar-refractivity contribution in [3.05, 3.63) is 29.8 Å². The molecule has 78 valence electrons. The number of aliphatic hydroxyl groups is 1. The van der Waals surface area contributed by atoms with E-state index in [0.717, 1.165) is 11.8 Å². The topological polar surface area (TPSA) is 20.2 Å². The van der Waals surface area contributed by atoms with E-state index in [2.05, 4.69) is 0 Å². The van der Waals surface area contributed by atoms with E-state index in [1.807, 2.05) is 0 Å². The molecule has 0 heterocycles. The molecular weight excluding hydrogens is 251 g/mol. The Balaban J connectivity index is 0.00000196. The van der Waals surface area contributed by atoms with Crippen LogP contribution in [-0.2, 0) is 6.61 Å². The maximum atomic E-state index is 11.9. The van der Waals surface area contributed by atoms with E-state index in [1.165, 1.54) is 0 Å². The second-order valence-electron chi connectivity index (χ2n) is 2.82. The van der Waals surface area contributed by atoms with Crippen molar-refractivity contribution in [2.75, 3.05) is 5.65 Å². The van der Waals surface area contributed by atoms with Crippen LogP contribution >= 0.6 is 11.8 Å². The first-order valence-corrected chi connectivity index (χ1v) is 5.03. The van der Waals surface area contributed by atoms with Crippen LogP contribution < -0.4 is 51.4 Å². The molecule has 0 aliphatic heterocycles. The van der Waals surface area contributed by atoms with Gasteiger partial charge in [0.05, 0.1) is 6.61 Å². The van der Waals surface area contributed by atoms with Gasteiger partial charge >= 0.3 is 58.4 Å². The Morgan fingerprint density at radius 2 is 1.67 bits per heavy atom. The van der Waals surface area contributed by atoms with E-state index < -0.39 is 12.6 Å². The van der Waals surface area contributed by atoms with Crippen LogP contribution in [0.2, 0.25) is 0 Å². The molecule has 1 aromatic rings. The zero-order valence-corrected chi connectivity index (χ0v) is 12.2. The van der Waals surface area contributed by atoms with Crippen LogP contribution in [0.5, 0.6) is 0 Å². The molecule has 1 N–H and O–H groups in total. The molecule has 1 nitrogen and oxygen atoms in total. The fraction of sp³-hybridized carbons (Fsp3) is 0.250. The molecule has 0 saturated heterocycles. The first-order chi connectivity index (χ1) is 6.51. The van der Waals surface area contributed by atoms with E-state index in [4.69, 9.17) is 5.11 Å². The molecule has 0 fully saturated rings. The van der Waals surface area contributed by atoms with Gasteiger partial charge in [-0.25, -0.2) is 0 Å². The Hall–Kier alpha value is 1.02. The van der Waals surface area contributed by atoms with Gasteiger partial charge in [-0.3, -0.25) is 0 Å². The molecule has 0 aromatic heterocycles. The van der Waals surface area contributed by atoms with E-state index in [-0.39, 0.29) is 58.0 Å². The molecular formula is C8H9BF3KOS. The number of halogens is 3. The Morgan fingerprint density at radius 1 is 1.13 bits per heavy atom. The van der Waals surface area contributed by atoms with Gasteiger partial charge in [-0.15, -0.1) is 0 Å². The zero-order valence-electron chi connectivity index (χ0n) is 8.29. The number of hydrogen-bond donors (Lipinski definition) is 1. The third-order valence-corrected chi connectivity index (χ3v) is 2.70. The Bertz CT molecular complexity index is 291. The smallest absolute Gasteiger partial charge is 0.448 e. The summed E-state index contributed by atoms with van der Waals surface area (Å²) in [5.41, 5.74) is -0.120. The third-order valence-electron chi connectivity index (χ3n) is 1.54. The van der Waals surface area contributed by atoms with Gasteiger partial charge < -0.3 is 18.1 Å². The van der Waals surface area contributed by atoms with Gasteiger partial charge in [-0.2, -0.15) is 11.8 Å². The average Bonchev–Trinajstić information content (AvgIpc) is 2.14. The monoisotopic (exact) mass is 260 g/mol. The predicted molar refractivity (Wildman–Crippen MR) is 52.2 cm³/mol. The van der Waals surface area contributed by atoms with Crippen molar-refractivity contribution in [1.82, 2.24) is 0 Å². The molecule has 0 atom stereocenters. The molecule has 0 amide bonds. The second-order valence-corrected chi connectivity index (χ2v) is 3.92. The van der Waals surface area contributed by atoms with E-state index in [9.17, 15) is 12.9 Å². The summed E-state index contributed by atoms with van der Waals surface area (Å²) >= 11 is 0.768. The van der Waals surface area contributed by atoms with Crippen LogP contribution in [0.1, 0.15) is 5.56 Å². The molecule has 15 heavy (non-hydrogen) atoms. The summed E-state index contributed by atoms with van der Waals surface area (Å²) in [5.74, 6) is 0. The van der Waals surface area contributed by atoms with Gasteiger partial charge in [-0.1, -0.05) is 12.1 Å². The maximum Gasteiger partial charge on any atom is 1.00 e. The van der Waals surface area contributed by atoms with Crippen molar-refractivity contribution < 1.29 is 69.4 Å². The standard InChI is InChI=1S/C8H9BF3OS.K/c10-9(11,12)6-14-8-3-1-7(5-13)2-4-8;/h1-4,13H,5-6H2;/q-1;+1. The van der Waals surface area contributed by atoms with Gasteiger partial charge in [0.25, 0.3) is 0 Å². The van der Waals surface area contributed by atoms with Crippen LogP contribution in [0.4, 0.5) is 12.9 Å². The summed E-state index contributed by atoms with van der Waals surface area (Å²) in [6.45, 7) is -4.82. The second kappa shape index (κ2) is 7.37. The molecule has 0 aliphatic rings. The number of rotatable bonds is 4. The summed E-state index contributed by atoms with van der Waals surface area (Å²) in [4.78, 5) is 0.571. The minimum atomic E-state index is -4.73. The minimum absolute atomic E-state index is 0. The van der Waals surface area contributed by atoms with Crippen molar-refractivity contribution in [2.45, 2.75) is 11.5 Å². The molecule has 0 saturated carbocycles. The number of hydrogen-bond acceptors (Lipinski definition) is 2. The quantitative estimate of drug-likeness (QED) is 0.590. The van der Waals surface area contributed by atoms with Crippen LogP contribution in [0.15, 0.2) is 29.2 Å². The molecule has 0 aliphatic carbocycles. The van der Waals surface area contributed by atoms with Crippen LogP contribution in [-0.4, -0.2) is 17.7 Å². The molecule has 7 heteroatoms. The Kier molecular flexibility index (Phi) is 7.87. The summed E-state index contributed by atoms with van der Waals surface area (Å²) in [7, 11) is 0. The van der Waals surface area contributed by atoms with Gasteiger partial charge in [0.1, 0.15) is 0 Å². The van der Waals surface area contributed by atoms with Gasteiger partial charge in [-0.05, 0) is 23.3 Å². The summed E-state index contributed by atoms with van der Waals surface area (Å²) in [6, 6.07) is 6.40. The molecule has 0 unspecified atom stereocenters. The Morgan fingerprint density at radius 3 is 2.07 bits per heavy atom. The van der Waals surface area contributed by atoms with Crippen LogP contribution in [0, 0.1) is 0 Å². The van der Waals surface area contributed by atoms with Crippen molar-refractivity contribution >= 4 is 18.7 Å². The first-order valence-electron chi connectivity index (χ1n) is 4.05. The van der Waals surface area contributed by atoms with Crippen LogP contribution in [0.25, 0.3) is 0 Å². The normalized spacial score (nSPS) is 10.9. The van der Waals surface area contributed by atoms with Gasteiger partial charge in [0, 0.05) is 4.90 Å². The fourth-order valence-corrected chi connectivity index (χ4v) is 1.59. The number of thioether (sulfide) groups is 1.